The summed E-state index contributed by atoms with van der Waals surface area (Å²) in [6.07, 6.45) is 0.259. The Morgan fingerprint density at radius 2 is 2.54 bits per heavy atom. The highest BCUT2D eigenvalue weighted by atomic mass is 32.1. The first-order valence-corrected chi connectivity index (χ1v) is 4.86. The van der Waals surface area contributed by atoms with E-state index in [-0.39, 0.29) is 12.3 Å². The van der Waals surface area contributed by atoms with Gasteiger partial charge in [-0.1, -0.05) is 11.3 Å². The maximum atomic E-state index is 10.4. The number of aromatic nitrogens is 2. The van der Waals surface area contributed by atoms with E-state index in [1.165, 1.54) is 11.3 Å². The molecule has 70 valence electrons. The number of hydrogen-bond acceptors (Lipinski definition) is 5. The van der Waals surface area contributed by atoms with Crippen LogP contribution >= 0.6 is 11.3 Å². The number of aliphatic carboxylic acids is 1. The van der Waals surface area contributed by atoms with Crippen molar-refractivity contribution in [2.24, 2.45) is 5.92 Å². The van der Waals surface area contributed by atoms with E-state index in [1.807, 2.05) is 4.90 Å². The van der Waals surface area contributed by atoms with E-state index in [4.69, 9.17) is 5.11 Å². The molecule has 0 aromatic carbocycles. The Bertz CT molecular complexity index is 295. The van der Waals surface area contributed by atoms with Gasteiger partial charge in [0.15, 0.2) is 0 Å². The fraction of sp³-hybridized carbons (Fsp3) is 0.571. The van der Waals surface area contributed by atoms with Gasteiger partial charge in [0.1, 0.15) is 5.51 Å². The van der Waals surface area contributed by atoms with Crippen molar-refractivity contribution in [2.75, 3.05) is 18.0 Å². The fourth-order valence-electron chi connectivity index (χ4n) is 1.41. The first kappa shape index (κ1) is 8.43. The average Bonchev–Trinajstić information content (AvgIpc) is 2.46. The number of carboxylic acids is 1. The van der Waals surface area contributed by atoms with Crippen LogP contribution in [0.4, 0.5) is 5.13 Å². The Hall–Kier alpha value is -1.17. The summed E-state index contributed by atoms with van der Waals surface area (Å²) < 4.78 is 0. The number of carboxylic acid groups (broad SMARTS) is 1. The van der Waals surface area contributed by atoms with Gasteiger partial charge in [-0.15, -0.1) is 10.2 Å². The standard InChI is InChI=1S/C7H9N3O2S/c11-6(12)1-5-2-10(3-5)7-9-8-4-13-7/h4-5H,1-3H2,(H,11,12). The van der Waals surface area contributed by atoms with E-state index < -0.39 is 5.97 Å². The number of rotatable bonds is 3. The van der Waals surface area contributed by atoms with Gasteiger partial charge >= 0.3 is 5.97 Å². The van der Waals surface area contributed by atoms with Gasteiger partial charge in [0, 0.05) is 19.0 Å². The quantitative estimate of drug-likeness (QED) is 0.765. The summed E-state index contributed by atoms with van der Waals surface area (Å²) in [5, 5.41) is 17.0. The zero-order valence-corrected chi connectivity index (χ0v) is 7.70. The molecule has 1 aliphatic rings. The van der Waals surface area contributed by atoms with Crippen molar-refractivity contribution in [3.8, 4) is 0 Å². The van der Waals surface area contributed by atoms with E-state index >= 15 is 0 Å². The van der Waals surface area contributed by atoms with Crippen LogP contribution in [0.3, 0.4) is 0 Å². The molecule has 5 nitrogen and oxygen atoms in total. The van der Waals surface area contributed by atoms with Gasteiger partial charge in [0.05, 0.1) is 6.42 Å². The Morgan fingerprint density at radius 1 is 1.77 bits per heavy atom. The highest BCUT2D eigenvalue weighted by molar-refractivity contribution is 7.13. The number of anilines is 1. The molecule has 2 rings (SSSR count). The first-order chi connectivity index (χ1) is 6.25. The fourth-order valence-corrected chi connectivity index (χ4v) is 1.99. The van der Waals surface area contributed by atoms with Crippen LogP contribution in [0.2, 0.25) is 0 Å². The van der Waals surface area contributed by atoms with Crippen LogP contribution < -0.4 is 4.90 Å². The smallest absolute Gasteiger partial charge is 0.303 e. The van der Waals surface area contributed by atoms with Gasteiger partial charge < -0.3 is 10.0 Å². The summed E-state index contributed by atoms with van der Waals surface area (Å²) in [6, 6.07) is 0. The number of carbonyl (C=O) groups is 1. The molecule has 6 heteroatoms. The van der Waals surface area contributed by atoms with E-state index in [9.17, 15) is 4.79 Å². The minimum atomic E-state index is -0.720. The van der Waals surface area contributed by atoms with Crippen molar-refractivity contribution < 1.29 is 9.90 Å². The second-order valence-electron chi connectivity index (χ2n) is 3.09. The third-order valence-corrected chi connectivity index (χ3v) is 2.79. The van der Waals surface area contributed by atoms with Gasteiger partial charge in [-0.2, -0.15) is 0 Å². The number of nitrogens with zero attached hydrogens (tertiary/aromatic N) is 3. The average molecular weight is 199 g/mol. The molecule has 1 aromatic heterocycles. The van der Waals surface area contributed by atoms with Crippen molar-refractivity contribution in [2.45, 2.75) is 6.42 Å². The molecule has 0 atom stereocenters. The molecule has 0 saturated carbocycles. The van der Waals surface area contributed by atoms with Crippen LogP contribution in [0.15, 0.2) is 5.51 Å². The SMILES string of the molecule is O=C(O)CC1CN(c2nncs2)C1. The zero-order chi connectivity index (χ0) is 9.26. The molecule has 1 aromatic rings. The molecule has 13 heavy (non-hydrogen) atoms. The minimum Gasteiger partial charge on any atom is -0.481 e. The van der Waals surface area contributed by atoms with Crippen LogP contribution in [0.5, 0.6) is 0 Å². The maximum absolute atomic E-state index is 10.4. The van der Waals surface area contributed by atoms with Crippen LogP contribution in [0, 0.1) is 5.92 Å². The lowest BCUT2D eigenvalue weighted by molar-refractivity contribution is -0.138. The van der Waals surface area contributed by atoms with E-state index in [1.54, 1.807) is 5.51 Å². The third kappa shape index (κ3) is 1.77. The normalized spacial score (nSPS) is 17.1. The lowest BCUT2D eigenvalue weighted by Crippen LogP contribution is -2.47. The van der Waals surface area contributed by atoms with E-state index in [0.717, 1.165) is 18.2 Å². The van der Waals surface area contributed by atoms with Crippen molar-refractivity contribution in [1.82, 2.24) is 10.2 Å². The largest absolute Gasteiger partial charge is 0.481 e. The third-order valence-electron chi connectivity index (χ3n) is 2.04. The van der Waals surface area contributed by atoms with Gasteiger partial charge in [-0.05, 0) is 0 Å². The molecule has 0 radical (unpaired) electrons. The van der Waals surface area contributed by atoms with Crippen LogP contribution in [-0.4, -0.2) is 34.4 Å². The van der Waals surface area contributed by atoms with Crippen LogP contribution in [0.1, 0.15) is 6.42 Å². The molecule has 1 N–H and O–H groups in total. The molecule has 1 fully saturated rings. The van der Waals surface area contributed by atoms with Gasteiger partial charge in [-0.3, -0.25) is 4.79 Å². The second kappa shape index (κ2) is 3.29. The monoisotopic (exact) mass is 199 g/mol. The molecule has 0 spiro atoms. The van der Waals surface area contributed by atoms with Gasteiger partial charge in [-0.25, -0.2) is 0 Å². The summed E-state index contributed by atoms with van der Waals surface area (Å²) >= 11 is 1.48. The minimum absolute atomic E-state index is 0.259. The van der Waals surface area contributed by atoms with Crippen LogP contribution in [-0.2, 0) is 4.79 Å². The summed E-state index contributed by atoms with van der Waals surface area (Å²) in [5.74, 6) is -0.441. The Morgan fingerprint density at radius 3 is 3.08 bits per heavy atom. The van der Waals surface area contributed by atoms with Crippen molar-refractivity contribution in [3.63, 3.8) is 0 Å². The molecule has 1 aliphatic heterocycles. The molecule has 0 unspecified atom stereocenters. The lowest BCUT2D eigenvalue weighted by Gasteiger charge is -2.37. The predicted octanol–water partition coefficient (Wildman–Crippen LogP) is 0.449. The Labute approximate surface area is 79.0 Å². The molecule has 0 aliphatic carbocycles. The lowest BCUT2D eigenvalue weighted by atomic mass is 9.97. The summed E-state index contributed by atoms with van der Waals surface area (Å²) in [4.78, 5) is 12.4. The van der Waals surface area contributed by atoms with E-state index in [2.05, 4.69) is 10.2 Å². The molecule has 2 heterocycles. The molecule has 0 amide bonds. The molecule has 1 saturated heterocycles. The van der Waals surface area contributed by atoms with Gasteiger partial charge in [0.2, 0.25) is 5.13 Å². The van der Waals surface area contributed by atoms with Crippen molar-refractivity contribution in [3.05, 3.63) is 5.51 Å². The van der Waals surface area contributed by atoms with Crippen molar-refractivity contribution >= 4 is 22.4 Å². The van der Waals surface area contributed by atoms with Crippen molar-refractivity contribution in [1.29, 1.82) is 0 Å². The molecule has 0 bridgehead atoms. The Balaban J connectivity index is 1.82. The number of hydrogen-bond donors (Lipinski definition) is 1. The summed E-state index contributed by atoms with van der Waals surface area (Å²) in [5.41, 5.74) is 1.68. The molecular weight excluding hydrogens is 190 g/mol. The first-order valence-electron chi connectivity index (χ1n) is 3.98. The predicted molar refractivity (Wildman–Crippen MR) is 47.9 cm³/mol. The second-order valence-corrected chi connectivity index (χ2v) is 3.90. The Kier molecular flexibility index (Phi) is 2.13. The van der Waals surface area contributed by atoms with E-state index in [0.29, 0.717) is 0 Å². The van der Waals surface area contributed by atoms with Gasteiger partial charge in [0.25, 0.3) is 0 Å². The highest BCUT2D eigenvalue weighted by Gasteiger charge is 2.30. The topological polar surface area (TPSA) is 66.3 Å². The highest BCUT2D eigenvalue weighted by Crippen LogP contribution is 2.26. The summed E-state index contributed by atoms with van der Waals surface area (Å²) in [7, 11) is 0. The summed E-state index contributed by atoms with van der Waals surface area (Å²) in [6.45, 7) is 1.59. The molecular formula is C7H9N3O2S. The maximum Gasteiger partial charge on any atom is 0.303 e. The zero-order valence-electron chi connectivity index (χ0n) is 6.88. The van der Waals surface area contributed by atoms with Crippen LogP contribution in [0.25, 0.3) is 0 Å².